The van der Waals surface area contributed by atoms with Crippen LogP contribution in [0.4, 0.5) is 24.7 Å². The van der Waals surface area contributed by atoms with Crippen molar-refractivity contribution in [1.29, 1.82) is 0 Å². The van der Waals surface area contributed by atoms with Crippen molar-refractivity contribution in [1.82, 2.24) is 15.1 Å². The molecule has 0 amide bonds. The summed E-state index contributed by atoms with van der Waals surface area (Å²) in [6.45, 7) is 2.57. The summed E-state index contributed by atoms with van der Waals surface area (Å²) in [5, 5.41) is 3.85. The Labute approximate surface area is 165 Å². The first-order valence-corrected chi connectivity index (χ1v) is 9.37. The maximum absolute atomic E-state index is 13.8. The number of hydrogen-bond acceptors (Lipinski definition) is 6. The highest BCUT2D eigenvalue weighted by molar-refractivity contribution is 5.66. The maximum atomic E-state index is 13.8. The van der Waals surface area contributed by atoms with E-state index in [1.165, 1.54) is 12.3 Å². The maximum Gasteiger partial charge on any atom is 0.418 e. The van der Waals surface area contributed by atoms with Crippen LogP contribution in [-0.2, 0) is 6.18 Å². The molecule has 1 aliphatic rings. The van der Waals surface area contributed by atoms with Gasteiger partial charge in [-0.1, -0.05) is 5.16 Å². The molecule has 6 nitrogen and oxygen atoms in total. The van der Waals surface area contributed by atoms with Crippen LogP contribution >= 0.6 is 0 Å². The molecule has 1 atom stereocenters. The van der Waals surface area contributed by atoms with E-state index in [9.17, 15) is 13.2 Å². The molecule has 3 aromatic rings. The summed E-state index contributed by atoms with van der Waals surface area (Å²) >= 11 is 0. The van der Waals surface area contributed by atoms with Crippen molar-refractivity contribution in [3.63, 3.8) is 0 Å². The van der Waals surface area contributed by atoms with Gasteiger partial charge in [-0.15, -0.1) is 0 Å². The third-order valence-electron chi connectivity index (χ3n) is 5.13. The number of pyridine rings is 1. The topological polar surface area (TPSA) is 81.1 Å². The molecule has 1 fully saturated rings. The summed E-state index contributed by atoms with van der Waals surface area (Å²) in [7, 11) is 0. The normalized spacial score (nSPS) is 17.5. The van der Waals surface area contributed by atoms with Crippen LogP contribution in [0.3, 0.4) is 0 Å². The van der Waals surface area contributed by atoms with Gasteiger partial charge in [-0.2, -0.15) is 18.2 Å². The Kier molecular flexibility index (Phi) is 4.89. The molecule has 0 aliphatic carbocycles. The van der Waals surface area contributed by atoms with E-state index in [-0.39, 0.29) is 29.0 Å². The summed E-state index contributed by atoms with van der Waals surface area (Å²) < 4.78 is 46.7. The Morgan fingerprint density at radius 3 is 2.62 bits per heavy atom. The first-order chi connectivity index (χ1) is 13.8. The number of nitrogens with zero attached hydrogens (tertiary/aromatic N) is 4. The van der Waals surface area contributed by atoms with E-state index >= 15 is 0 Å². The average Bonchev–Trinajstić information content (AvgIpc) is 3.18. The standard InChI is InChI=1S/C20H20F3N5O/c1-12-4-2-3-9-28(12)16-7-5-13(10-15(16)20(21,22)23)19-26-18(27-29-19)14-6-8-17(24)25-11-14/h5-8,10-12H,2-4,9H2,1H3,(H2,24,25). The second-order valence-electron chi connectivity index (χ2n) is 7.16. The Bertz CT molecular complexity index is 1000. The highest BCUT2D eigenvalue weighted by Crippen LogP contribution is 2.40. The quantitative estimate of drug-likeness (QED) is 0.678. The minimum Gasteiger partial charge on any atom is -0.384 e. The number of piperidine rings is 1. The zero-order chi connectivity index (χ0) is 20.6. The number of benzene rings is 1. The van der Waals surface area contributed by atoms with Crippen LogP contribution in [0, 0.1) is 0 Å². The van der Waals surface area contributed by atoms with Gasteiger partial charge in [-0.3, -0.25) is 0 Å². The zero-order valence-corrected chi connectivity index (χ0v) is 15.8. The monoisotopic (exact) mass is 403 g/mol. The van der Waals surface area contributed by atoms with E-state index < -0.39 is 11.7 Å². The van der Waals surface area contributed by atoms with Crippen molar-refractivity contribution in [2.75, 3.05) is 17.2 Å². The molecule has 0 bridgehead atoms. The summed E-state index contributed by atoms with van der Waals surface area (Å²) in [6.07, 6.45) is -0.228. The van der Waals surface area contributed by atoms with Crippen molar-refractivity contribution < 1.29 is 17.7 Å². The molecule has 0 saturated carbocycles. The molecule has 1 aliphatic heterocycles. The van der Waals surface area contributed by atoms with Crippen LogP contribution in [-0.4, -0.2) is 27.7 Å². The molecule has 1 saturated heterocycles. The van der Waals surface area contributed by atoms with Gasteiger partial charge in [0, 0.05) is 35.6 Å². The number of anilines is 2. The lowest BCUT2D eigenvalue weighted by Gasteiger charge is -2.37. The molecule has 29 heavy (non-hydrogen) atoms. The molecule has 1 aromatic carbocycles. The van der Waals surface area contributed by atoms with Crippen LogP contribution < -0.4 is 10.6 Å². The van der Waals surface area contributed by atoms with Gasteiger partial charge in [-0.05, 0) is 56.5 Å². The Balaban J connectivity index is 1.71. The lowest BCUT2D eigenvalue weighted by molar-refractivity contribution is -0.137. The SMILES string of the molecule is CC1CCCCN1c1ccc(-c2nc(-c3ccc(N)nc3)no2)cc1C(F)(F)F. The molecule has 9 heteroatoms. The molecule has 4 rings (SSSR count). The lowest BCUT2D eigenvalue weighted by atomic mass is 9.99. The van der Waals surface area contributed by atoms with Gasteiger partial charge >= 0.3 is 6.18 Å². The van der Waals surface area contributed by atoms with Crippen LogP contribution in [0.1, 0.15) is 31.7 Å². The van der Waals surface area contributed by atoms with E-state index in [1.54, 1.807) is 18.2 Å². The van der Waals surface area contributed by atoms with Gasteiger partial charge in [0.25, 0.3) is 5.89 Å². The molecular weight excluding hydrogens is 383 g/mol. The Morgan fingerprint density at radius 2 is 1.93 bits per heavy atom. The Morgan fingerprint density at radius 1 is 1.14 bits per heavy atom. The third kappa shape index (κ3) is 3.90. The fourth-order valence-electron chi connectivity index (χ4n) is 3.60. The van der Waals surface area contributed by atoms with Gasteiger partial charge in [0.2, 0.25) is 5.82 Å². The van der Waals surface area contributed by atoms with E-state index in [0.29, 0.717) is 17.9 Å². The minimum atomic E-state index is -4.49. The van der Waals surface area contributed by atoms with Crippen molar-refractivity contribution >= 4 is 11.5 Å². The van der Waals surface area contributed by atoms with Crippen LogP contribution in [0.2, 0.25) is 0 Å². The number of halogens is 3. The number of nitrogen functional groups attached to an aromatic ring is 1. The van der Waals surface area contributed by atoms with Gasteiger partial charge in [-0.25, -0.2) is 4.98 Å². The van der Waals surface area contributed by atoms with E-state index in [2.05, 4.69) is 15.1 Å². The fourth-order valence-corrected chi connectivity index (χ4v) is 3.60. The average molecular weight is 403 g/mol. The Hall–Kier alpha value is -3.10. The smallest absolute Gasteiger partial charge is 0.384 e. The van der Waals surface area contributed by atoms with Crippen molar-refractivity contribution in [3.05, 3.63) is 42.1 Å². The van der Waals surface area contributed by atoms with E-state index in [4.69, 9.17) is 10.3 Å². The summed E-state index contributed by atoms with van der Waals surface area (Å²) in [5.41, 5.74) is 5.83. The lowest BCUT2D eigenvalue weighted by Crippen LogP contribution is -2.38. The van der Waals surface area contributed by atoms with Gasteiger partial charge < -0.3 is 15.2 Å². The molecular formula is C20H20F3N5O. The second kappa shape index (κ2) is 7.38. The van der Waals surface area contributed by atoms with E-state index in [1.807, 2.05) is 11.8 Å². The molecule has 3 heterocycles. The number of hydrogen-bond donors (Lipinski definition) is 1. The molecule has 1 unspecified atom stereocenters. The van der Waals surface area contributed by atoms with Crippen molar-refractivity contribution in [2.24, 2.45) is 0 Å². The molecule has 0 spiro atoms. The molecule has 152 valence electrons. The largest absolute Gasteiger partial charge is 0.418 e. The molecule has 2 aromatic heterocycles. The zero-order valence-electron chi connectivity index (χ0n) is 15.8. The van der Waals surface area contributed by atoms with E-state index in [0.717, 1.165) is 25.3 Å². The number of rotatable bonds is 3. The molecule has 0 radical (unpaired) electrons. The first kappa shape index (κ1) is 19.2. The summed E-state index contributed by atoms with van der Waals surface area (Å²) in [6, 6.07) is 7.47. The number of nitrogens with two attached hydrogens (primary N) is 1. The van der Waals surface area contributed by atoms with Gasteiger partial charge in [0.05, 0.1) is 5.56 Å². The van der Waals surface area contributed by atoms with Crippen molar-refractivity contribution in [2.45, 2.75) is 38.4 Å². The van der Waals surface area contributed by atoms with Crippen LogP contribution in [0.5, 0.6) is 0 Å². The summed E-state index contributed by atoms with van der Waals surface area (Å²) in [5.74, 6) is 0.588. The third-order valence-corrected chi connectivity index (χ3v) is 5.13. The van der Waals surface area contributed by atoms with Crippen molar-refractivity contribution in [3.8, 4) is 22.8 Å². The van der Waals surface area contributed by atoms with Crippen LogP contribution in [0.25, 0.3) is 22.8 Å². The van der Waals surface area contributed by atoms with Gasteiger partial charge in [0.1, 0.15) is 5.82 Å². The highest BCUT2D eigenvalue weighted by Gasteiger charge is 2.37. The predicted molar refractivity (Wildman–Crippen MR) is 103 cm³/mol. The fraction of sp³-hybridized carbons (Fsp3) is 0.350. The first-order valence-electron chi connectivity index (χ1n) is 9.37. The number of aromatic nitrogens is 3. The number of alkyl halides is 3. The predicted octanol–water partition coefficient (Wildman–Crippen LogP) is 4.78. The van der Waals surface area contributed by atoms with Gasteiger partial charge in [0.15, 0.2) is 0 Å². The highest BCUT2D eigenvalue weighted by atomic mass is 19.4. The van der Waals surface area contributed by atoms with Crippen LogP contribution in [0.15, 0.2) is 41.1 Å². The molecule has 2 N–H and O–H groups in total. The summed E-state index contributed by atoms with van der Waals surface area (Å²) in [4.78, 5) is 10.0. The second-order valence-corrected chi connectivity index (χ2v) is 7.16. The minimum absolute atomic E-state index is 0.0144.